The first kappa shape index (κ1) is 23.6. The summed E-state index contributed by atoms with van der Waals surface area (Å²) in [6.45, 7) is 4.50. The van der Waals surface area contributed by atoms with Crippen molar-refractivity contribution in [1.82, 2.24) is 25.1 Å². The summed E-state index contributed by atoms with van der Waals surface area (Å²) >= 11 is 0. The standard InChI is InChI=1S/C21H28F3N7O2/c1-14(29-18-11-28-27-10-17(18)21(22,23)24)12-33-13-19(32)30-4-6-31(7-5-30)20-25-8-16(9-26-20)15-2-3-15/h8-11,14-15,19,32H,2-7,12-13H2,1H3,(H,27,29)/t14-,19-/m0/s1. The molecular formula is C21H28F3N7O2. The molecule has 12 heteroatoms. The molecule has 0 unspecified atom stereocenters. The maximum Gasteiger partial charge on any atom is 0.420 e. The van der Waals surface area contributed by atoms with Crippen LogP contribution in [0.3, 0.4) is 0 Å². The molecule has 1 aliphatic heterocycles. The third-order valence-electron chi connectivity index (χ3n) is 5.80. The van der Waals surface area contributed by atoms with E-state index in [0.29, 0.717) is 44.2 Å². The van der Waals surface area contributed by atoms with Crippen LogP contribution in [0.2, 0.25) is 0 Å². The molecule has 2 fully saturated rings. The maximum absolute atomic E-state index is 13.1. The van der Waals surface area contributed by atoms with Crippen LogP contribution in [0.25, 0.3) is 0 Å². The van der Waals surface area contributed by atoms with Gasteiger partial charge in [0.1, 0.15) is 11.8 Å². The normalized spacial score (nSPS) is 19.4. The molecule has 0 amide bonds. The van der Waals surface area contributed by atoms with Crippen LogP contribution in [0.1, 0.15) is 36.8 Å². The minimum Gasteiger partial charge on any atom is -0.378 e. The van der Waals surface area contributed by atoms with Gasteiger partial charge >= 0.3 is 6.18 Å². The topological polar surface area (TPSA) is 99.5 Å². The van der Waals surface area contributed by atoms with Gasteiger partial charge in [-0.3, -0.25) is 4.90 Å². The number of halogens is 3. The van der Waals surface area contributed by atoms with E-state index in [1.165, 1.54) is 18.4 Å². The largest absolute Gasteiger partial charge is 0.420 e. The van der Waals surface area contributed by atoms with Gasteiger partial charge in [0.05, 0.1) is 31.3 Å². The second-order valence-electron chi connectivity index (χ2n) is 8.49. The number of anilines is 2. The number of hydrogen-bond donors (Lipinski definition) is 2. The Bertz CT molecular complexity index is 903. The van der Waals surface area contributed by atoms with Crippen LogP contribution < -0.4 is 10.2 Å². The molecule has 180 valence electrons. The van der Waals surface area contributed by atoms with Gasteiger partial charge in [0.15, 0.2) is 0 Å². The van der Waals surface area contributed by atoms with Gasteiger partial charge < -0.3 is 20.1 Å². The van der Waals surface area contributed by atoms with Crippen LogP contribution >= 0.6 is 0 Å². The highest BCUT2D eigenvalue weighted by atomic mass is 19.4. The first-order valence-electron chi connectivity index (χ1n) is 11.0. The quantitative estimate of drug-likeness (QED) is 0.574. The van der Waals surface area contributed by atoms with Gasteiger partial charge in [0.25, 0.3) is 0 Å². The molecular weight excluding hydrogens is 439 g/mol. The Kier molecular flexibility index (Phi) is 7.25. The molecule has 0 bridgehead atoms. The van der Waals surface area contributed by atoms with Gasteiger partial charge in [-0.1, -0.05) is 0 Å². The van der Waals surface area contributed by atoms with E-state index in [0.717, 1.165) is 6.20 Å². The average Bonchev–Trinajstić information content (AvgIpc) is 3.64. The van der Waals surface area contributed by atoms with Crippen molar-refractivity contribution in [2.24, 2.45) is 0 Å². The molecule has 9 nitrogen and oxygen atoms in total. The van der Waals surface area contributed by atoms with Crippen molar-refractivity contribution in [3.63, 3.8) is 0 Å². The molecule has 0 spiro atoms. The van der Waals surface area contributed by atoms with Gasteiger partial charge in [-0.15, -0.1) is 0 Å². The first-order chi connectivity index (χ1) is 15.8. The van der Waals surface area contributed by atoms with Crippen molar-refractivity contribution in [2.75, 3.05) is 49.6 Å². The summed E-state index contributed by atoms with van der Waals surface area (Å²) in [6.07, 6.45) is 2.64. The zero-order valence-corrected chi connectivity index (χ0v) is 18.4. The fourth-order valence-corrected chi connectivity index (χ4v) is 3.77. The van der Waals surface area contributed by atoms with E-state index in [1.807, 2.05) is 17.3 Å². The van der Waals surface area contributed by atoms with Crippen LogP contribution in [0, 0.1) is 0 Å². The van der Waals surface area contributed by atoms with Crippen LogP contribution in [0.15, 0.2) is 24.8 Å². The molecule has 2 atom stereocenters. The predicted octanol–water partition coefficient (Wildman–Crippen LogP) is 2.12. The molecule has 2 aromatic heterocycles. The summed E-state index contributed by atoms with van der Waals surface area (Å²) < 4.78 is 44.7. The molecule has 1 aliphatic carbocycles. The second kappa shape index (κ2) is 10.1. The van der Waals surface area contributed by atoms with Crippen molar-refractivity contribution < 1.29 is 23.0 Å². The number of aromatic nitrogens is 4. The zero-order valence-electron chi connectivity index (χ0n) is 18.4. The fraction of sp³-hybridized carbons (Fsp3) is 0.619. The van der Waals surface area contributed by atoms with Crippen molar-refractivity contribution in [3.05, 3.63) is 35.9 Å². The van der Waals surface area contributed by atoms with Crippen LogP contribution in [0.4, 0.5) is 24.8 Å². The van der Waals surface area contributed by atoms with Gasteiger partial charge in [-0.25, -0.2) is 9.97 Å². The van der Waals surface area contributed by atoms with Gasteiger partial charge in [0.2, 0.25) is 5.95 Å². The Morgan fingerprint density at radius 3 is 2.36 bits per heavy atom. The Labute approximate surface area is 190 Å². The van der Waals surface area contributed by atoms with Crippen molar-refractivity contribution >= 4 is 11.6 Å². The summed E-state index contributed by atoms with van der Waals surface area (Å²) in [5, 5.41) is 20.0. The van der Waals surface area contributed by atoms with Crippen molar-refractivity contribution in [2.45, 2.75) is 44.1 Å². The van der Waals surface area contributed by atoms with E-state index in [1.54, 1.807) is 6.92 Å². The van der Waals surface area contributed by atoms with Crippen LogP contribution in [0.5, 0.6) is 0 Å². The highest BCUT2D eigenvalue weighted by Crippen LogP contribution is 2.39. The minimum absolute atomic E-state index is 0.0549. The summed E-state index contributed by atoms with van der Waals surface area (Å²) in [6, 6.07) is -0.421. The number of ether oxygens (including phenoxy) is 1. The number of piperazine rings is 1. The number of rotatable bonds is 9. The Hall–Kier alpha value is -2.57. The lowest BCUT2D eigenvalue weighted by atomic mass is 10.2. The molecule has 2 aliphatic rings. The van der Waals surface area contributed by atoms with Crippen LogP contribution in [-0.4, -0.2) is 81.8 Å². The SMILES string of the molecule is C[C@@H](COC[C@H](O)N1CCN(c2ncc(C3CC3)cn2)CC1)Nc1cnncc1C(F)(F)F. The summed E-state index contributed by atoms with van der Waals surface area (Å²) in [4.78, 5) is 13.0. The number of hydrogen-bond acceptors (Lipinski definition) is 9. The lowest BCUT2D eigenvalue weighted by Crippen LogP contribution is -2.52. The van der Waals surface area contributed by atoms with E-state index in [2.05, 4.69) is 30.4 Å². The van der Waals surface area contributed by atoms with E-state index in [-0.39, 0.29) is 18.9 Å². The summed E-state index contributed by atoms with van der Waals surface area (Å²) in [5.41, 5.74) is 0.162. The molecule has 1 saturated heterocycles. The minimum atomic E-state index is -4.53. The molecule has 2 N–H and O–H groups in total. The first-order valence-corrected chi connectivity index (χ1v) is 11.0. The smallest absolute Gasteiger partial charge is 0.378 e. The van der Waals surface area contributed by atoms with Crippen LogP contribution in [-0.2, 0) is 10.9 Å². The summed E-state index contributed by atoms with van der Waals surface area (Å²) in [5.74, 6) is 1.32. The number of nitrogens with one attached hydrogen (secondary N) is 1. The lowest BCUT2D eigenvalue weighted by Gasteiger charge is -2.37. The second-order valence-corrected chi connectivity index (χ2v) is 8.49. The highest BCUT2D eigenvalue weighted by Gasteiger charge is 2.34. The molecule has 3 heterocycles. The molecule has 1 saturated carbocycles. The zero-order chi connectivity index (χ0) is 23.4. The Morgan fingerprint density at radius 2 is 1.73 bits per heavy atom. The highest BCUT2D eigenvalue weighted by molar-refractivity contribution is 5.50. The summed E-state index contributed by atoms with van der Waals surface area (Å²) in [7, 11) is 0. The fourth-order valence-electron chi connectivity index (χ4n) is 3.77. The van der Waals surface area contributed by atoms with Gasteiger partial charge in [-0.05, 0) is 31.2 Å². The average molecular weight is 467 g/mol. The van der Waals surface area contributed by atoms with Crippen molar-refractivity contribution in [1.29, 1.82) is 0 Å². The van der Waals surface area contributed by atoms with E-state index in [9.17, 15) is 18.3 Å². The molecule has 0 radical (unpaired) electrons. The molecule has 2 aromatic rings. The molecule has 4 rings (SSSR count). The number of aliphatic hydroxyl groups excluding tert-OH is 1. The van der Waals surface area contributed by atoms with Crippen molar-refractivity contribution in [3.8, 4) is 0 Å². The van der Waals surface area contributed by atoms with E-state index in [4.69, 9.17) is 4.74 Å². The number of nitrogens with zero attached hydrogens (tertiary/aromatic N) is 6. The Balaban J connectivity index is 1.18. The Morgan fingerprint density at radius 1 is 1.06 bits per heavy atom. The predicted molar refractivity (Wildman–Crippen MR) is 115 cm³/mol. The van der Waals surface area contributed by atoms with E-state index >= 15 is 0 Å². The third kappa shape index (κ3) is 6.27. The monoisotopic (exact) mass is 467 g/mol. The molecule has 0 aromatic carbocycles. The van der Waals surface area contributed by atoms with Gasteiger partial charge in [0, 0.05) is 44.6 Å². The van der Waals surface area contributed by atoms with E-state index < -0.39 is 24.0 Å². The molecule has 33 heavy (non-hydrogen) atoms. The third-order valence-corrected chi connectivity index (χ3v) is 5.80. The van der Waals surface area contributed by atoms with Gasteiger partial charge in [-0.2, -0.15) is 23.4 Å². The number of alkyl halides is 3. The number of aliphatic hydroxyl groups is 1. The lowest BCUT2D eigenvalue weighted by molar-refractivity contribution is -0.137. The maximum atomic E-state index is 13.1.